The van der Waals surface area contributed by atoms with Gasteiger partial charge in [-0.05, 0) is 56.7 Å². The number of hydrogen-bond acceptors (Lipinski definition) is 7. The Balaban J connectivity index is 1.77. The summed E-state index contributed by atoms with van der Waals surface area (Å²) in [5, 5.41) is 17.3. The van der Waals surface area contributed by atoms with Crippen LogP contribution in [0, 0.1) is 32.1 Å². The summed E-state index contributed by atoms with van der Waals surface area (Å²) in [5.74, 6) is 0.440. The molecule has 0 atom stereocenters. The number of anilines is 1. The van der Waals surface area contributed by atoms with E-state index in [2.05, 4.69) is 15.0 Å². The number of nitrogens with one attached hydrogen (secondary N) is 1. The fraction of sp³-hybridized carbons (Fsp3) is 0.130. The molecule has 1 N–H and O–H groups in total. The predicted molar refractivity (Wildman–Crippen MR) is 122 cm³/mol. The SMILES string of the molecule is Cc1ccc(-c2ccc(=O)n(-c3c(C)noc3C)n2)cc1S(=O)(=O)Nc1cccc(C#N)c1. The molecule has 2 aromatic carbocycles. The molecule has 4 rings (SSSR count). The third-order valence-electron chi connectivity index (χ3n) is 5.03. The first-order valence-electron chi connectivity index (χ1n) is 9.87. The van der Waals surface area contributed by atoms with Crippen LogP contribution in [0.1, 0.15) is 22.6 Å². The van der Waals surface area contributed by atoms with E-state index in [9.17, 15) is 13.2 Å². The van der Waals surface area contributed by atoms with Crippen molar-refractivity contribution in [1.29, 1.82) is 5.26 Å². The molecule has 0 fully saturated rings. The summed E-state index contributed by atoms with van der Waals surface area (Å²) in [6.45, 7) is 5.07. The van der Waals surface area contributed by atoms with Gasteiger partial charge >= 0.3 is 0 Å². The van der Waals surface area contributed by atoms with Gasteiger partial charge in [0.25, 0.3) is 15.6 Å². The lowest BCUT2D eigenvalue weighted by Gasteiger charge is -2.13. The Hall–Kier alpha value is -4.23. The molecule has 0 amide bonds. The normalized spacial score (nSPS) is 11.2. The van der Waals surface area contributed by atoms with Gasteiger partial charge < -0.3 is 4.52 Å². The number of benzene rings is 2. The average Bonchev–Trinajstić information content (AvgIpc) is 3.12. The maximum atomic E-state index is 13.1. The van der Waals surface area contributed by atoms with E-state index in [1.165, 1.54) is 28.9 Å². The van der Waals surface area contributed by atoms with Crippen LogP contribution in [-0.4, -0.2) is 23.4 Å². The van der Waals surface area contributed by atoms with Gasteiger partial charge in [-0.25, -0.2) is 8.42 Å². The first kappa shape index (κ1) is 22.0. The fourth-order valence-corrected chi connectivity index (χ4v) is 4.74. The minimum atomic E-state index is -3.96. The molecule has 0 saturated carbocycles. The molecule has 2 aromatic heterocycles. The Bertz CT molecular complexity index is 1560. The highest BCUT2D eigenvalue weighted by atomic mass is 32.2. The van der Waals surface area contributed by atoms with Gasteiger partial charge in [-0.2, -0.15) is 15.0 Å². The molecule has 4 aromatic rings. The van der Waals surface area contributed by atoms with E-state index in [4.69, 9.17) is 9.78 Å². The lowest BCUT2D eigenvalue weighted by molar-refractivity contribution is 0.392. The number of hydrogen-bond donors (Lipinski definition) is 1. The molecule has 0 spiro atoms. The molecule has 10 heteroatoms. The Morgan fingerprint density at radius 3 is 2.55 bits per heavy atom. The Labute approximate surface area is 190 Å². The Morgan fingerprint density at radius 1 is 1.06 bits per heavy atom. The van der Waals surface area contributed by atoms with Gasteiger partial charge in [0.2, 0.25) is 0 Å². The second-order valence-electron chi connectivity index (χ2n) is 7.42. The largest absolute Gasteiger partial charge is 0.359 e. The molecule has 0 aliphatic heterocycles. The average molecular weight is 462 g/mol. The molecule has 0 bridgehead atoms. The van der Waals surface area contributed by atoms with Crippen molar-refractivity contribution in [2.45, 2.75) is 25.7 Å². The molecule has 9 nitrogen and oxygen atoms in total. The monoisotopic (exact) mass is 461 g/mol. The summed E-state index contributed by atoms with van der Waals surface area (Å²) in [7, 11) is -3.96. The van der Waals surface area contributed by atoms with Crippen molar-refractivity contribution in [3.63, 3.8) is 0 Å². The molecule has 0 unspecified atom stereocenters. The van der Waals surface area contributed by atoms with Crippen LogP contribution >= 0.6 is 0 Å². The van der Waals surface area contributed by atoms with Crippen LogP contribution in [0.25, 0.3) is 16.9 Å². The van der Waals surface area contributed by atoms with Crippen molar-refractivity contribution in [1.82, 2.24) is 14.9 Å². The zero-order chi connectivity index (χ0) is 23.8. The number of sulfonamides is 1. The van der Waals surface area contributed by atoms with E-state index < -0.39 is 10.0 Å². The van der Waals surface area contributed by atoms with E-state index >= 15 is 0 Å². The van der Waals surface area contributed by atoms with Gasteiger partial charge in [0.15, 0.2) is 5.76 Å². The lowest BCUT2D eigenvalue weighted by atomic mass is 10.1. The molecule has 0 saturated heterocycles. The molecule has 2 heterocycles. The number of aryl methyl sites for hydroxylation is 3. The summed E-state index contributed by atoms with van der Waals surface area (Å²) in [6, 6.07) is 16.0. The van der Waals surface area contributed by atoms with Gasteiger partial charge in [-0.1, -0.05) is 23.4 Å². The molecule has 0 aliphatic rings. The van der Waals surface area contributed by atoms with Crippen molar-refractivity contribution < 1.29 is 12.9 Å². The summed E-state index contributed by atoms with van der Waals surface area (Å²) in [5.41, 5.74) is 2.64. The summed E-state index contributed by atoms with van der Waals surface area (Å²) >= 11 is 0. The first-order chi connectivity index (χ1) is 15.7. The molecule has 33 heavy (non-hydrogen) atoms. The minimum absolute atomic E-state index is 0.0549. The summed E-state index contributed by atoms with van der Waals surface area (Å²) < 4.78 is 35.1. The topological polar surface area (TPSA) is 131 Å². The Morgan fingerprint density at radius 2 is 1.85 bits per heavy atom. The molecule has 0 radical (unpaired) electrons. The van der Waals surface area contributed by atoms with Crippen molar-refractivity contribution in [3.8, 4) is 23.0 Å². The van der Waals surface area contributed by atoms with Crippen molar-refractivity contribution in [2.24, 2.45) is 0 Å². The second kappa shape index (κ2) is 8.37. The van der Waals surface area contributed by atoms with E-state index in [0.29, 0.717) is 39.5 Å². The smallest absolute Gasteiger partial charge is 0.271 e. The van der Waals surface area contributed by atoms with E-state index in [1.54, 1.807) is 51.1 Å². The first-order valence-corrected chi connectivity index (χ1v) is 11.4. The number of aromatic nitrogens is 3. The van der Waals surface area contributed by atoms with Gasteiger partial charge in [0.1, 0.15) is 11.4 Å². The molecule has 166 valence electrons. The van der Waals surface area contributed by atoms with Gasteiger partial charge in [0.05, 0.1) is 27.9 Å². The van der Waals surface area contributed by atoms with Crippen molar-refractivity contribution in [2.75, 3.05) is 4.72 Å². The maximum absolute atomic E-state index is 13.1. The van der Waals surface area contributed by atoms with Crippen LogP contribution < -0.4 is 10.3 Å². The highest BCUT2D eigenvalue weighted by molar-refractivity contribution is 7.92. The predicted octanol–water partition coefficient (Wildman–Crippen LogP) is 3.49. The van der Waals surface area contributed by atoms with Crippen LogP contribution in [0.2, 0.25) is 0 Å². The van der Waals surface area contributed by atoms with Crippen molar-refractivity contribution in [3.05, 3.63) is 87.5 Å². The second-order valence-corrected chi connectivity index (χ2v) is 9.07. The molecular weight excluding hydrogens is 442 g/mol. The Kier molecular flexibility index (Phi) is 5.57. The fourth-order valence-electron chi connectivity index (χ4n) is 3.42. The van der Waals surface area contributed by atoms with Crippen LogP contribution in [0.4, 0.5) is 5.69 Å². The third-order valence-corrected chi connectivity index (χ3v) is 6.55. The van der Waals surface area contributed by atoms with E-state index in [-0.39, 0.29) is 16.1 Å². The van der Waals surface area contributed by atoms with Gasteiger partial charge in [0, 0.05) is 11.6 Å². The van der Waals surface area contributed by atoms with Crippen LogP contribution in [-0.2, 0) is 10.0 Å². The van der Waals surface area contributed by atoms with Gasteiger partial charge in [-0.3, -0.25) is 9.52 Å². The van der Waals surface area contributed by atoms with E-state index in [0.717, 1.165) is 0 Å². The number of nitrogens with zero attached hydrogens (tertiary/aromatic N) is 4. The summed E-state index contributed by atoms with van der Waals surface area (Å²) in [4.78, 5) is 12.5. The lowest BCUT2D eigenvalue weighted by Crippen LogP contribution is -2.21. The van der Waals surface area contributed by atoms with Crippen molar-refractivity contribution >= 4 is 15.7 Å². The van der Waals surface area contributed by atoms with Crippen LogP contribution in [0.15, 0.2) is 68.8 Å². The van der Waals surface area contributed by atoms with E-state index in [1.807, 2.05) is 6.07 Å². The van der Waals surface area contributed by atoms with Crippen LogP contribution in [0.5, 0.6) is 0 Å². The minimum Gasteiger partial charge on any atom is -0.359 e. The maximum Gasteiger partial charge on any atom is 0.271 e. The summed E-state index contributed by atoms with van der Waals surface area (Å²) in [6.07, 6.45) is 0. The van der Waals surface area contributed by atoms with Gasteiger partial charge in [-0.15, -0.1) is 0 Å². The highest BCUT2D eigenvalue weighted by Crippen LogP contribution is 2.26. The molecular formula is C23H19N5O4S. The number of rotatable bonds is 5. The zero-order valence-corrected chi connectivity index (χ0v) is 18.8. The molecule has 0 aliphatic carbocycles. The zero-order valence-electron chi connectivity index (χ0n) is 18.0. The highest BCUT2D eigenvalue weighted by Gasteiger charge is 2.20. The standard InChI is InChI=1S/C23H19N5O4S/c1-14-7-8-18(12-21(14)33(30,31)27-19-6-4-5-17(11-19)13-24)20-9-10-22(29)28(25-20)23-15(2)26-32-16(23)3/h4-12,27H,1-3H3. The number of nitriles is 1. The third kappa shape index (κ3) is 4.26. The quantitative estimate of drug-likeness (QED) is 0.481. The van der Waals surface area contributed by atoms with Crippen LogP contribution in [0.3, 0.4) is 0 Å².